The Morgan fingerprint density at radius 2 is 2.18 bits per heavy atom. The van der Waals surface area contributed by atoms with E-state index in [1.54, 1.807) is 12.1 Å². The minimum absolute atomic E-state index is 0.141. The molecule has 86 valence electrons. The van der Waals surface area contributed by atoms with E-state index in [1.807, 2.05) is 29.8 Å². The fourth-order valence-corrected chi connectivity index (χ4v) is 2.11. The predicted octanol–water partition coefficient (Wildman–Crippen LogP) is 0.481. The molecule has 0 saturated carbocycles. The van der Waals surface area contributed by atoms with Crippen LogP contribution in [0.15, 0.2) is 36.8 Å². The lowest BCUT2D eigenvalue weighted by Crippen LogP contribution is -2.55. The summed E-state index contributed by atoms with van der Waals surface area (Å²) in [6.45, 7) is 1.24. The van der Waals surface area contributed by atoms with Crippen LogP contribution in [0.5, 0.6) is 0 Å². The molecule has 1 aliphatic rings. The Hall–Kier alpha value is -2.01. The lowest BCUT2D eigenvalue weighted by Gasteiger charge is -2.25. The molecule has 0 radical (unpaired) electrons. The quantitative estimate of drug-likeness (QED) is 0.816. The Morgan fingerprint density at radius 1 is 1.35 bits per heavy atom. The van der Waals surface area contributed by atoms with E-state index in [9.17, 15) is 4.91 Å². The molecule has 2 heterocycles. The van der Waals surface area contributed by atoms with Gasteiger partial charge in [0.15, 0.2) is 0 Å². The molecule has 1 atom stereocenters. The van der Waals surface area contributed by atoms with Gasteiger partial charge in [-0.05, 0) is 5.56 Å². The molecule has 0 aliphatic carbocycles. The topological polar surface area (TPSA) is 58.1 Å². The zero-order valence-corrected chi connectivity index (χ0v) is 9.17. The maximum atomic E-state index is 10.5. The van der Waals surface area contributed by atoms with E-state index < -0.39 is 0 Å². The van der Waals surface area contributed by atoms with Crippen molar-refractivity contribution in [1.82, 2.24) is 9.55 Å². The van der Waals surface area contributed by atoms with Gasteiger partial charge in [0, 0.05) is 22.2 Å². The van der Waals surface area contributed by atoms with Crippen LogP contribution < -0.4 is 5.18 Å². The van der Waals surface area contributed by atoms with E-state index >= 15 is 0 Å². The lowest BCUT2D eigenvalue weighted by atomic mass is 10.1. The summed E-state index contributed by atoms with van der Waals surface area (Å²) in [6.07, 6.45) is 3.64. The van der Waals surface area contributed by atoms with Crippen molar-refractivity contribution in [3.05, 3.63) is 53.0 Å². The molecular weight excluding hydrogens is 218 g/mol. The molecule has 0 fully saturated rings. The molecule has 5 nitrogen and oxygen atoms in total. The van der Waals surface area contributed by atoms with E-state index in [2.05, 4.69) is 9.55 Å². The van der Waals surface area contributed by atoms with Gasteiger partial charge in [-0.15, -0.1) is 0 Å². The lowest BCUT2D eigenvalue weighted by molar-refractivity contribution is -0.379. The van der Waals surface area contributed by atoms with Gasteiger partial charge < -0.3 is 9.30 Å². The second kappa shape index (κ2) is 4.10. The minimum atomic E-state index is 0.141. The van der Waals surface area contributed by atoms with Crippen molar-refractivity contribution >= 4 is 5.69 Å². The molecular formula is C12H12N3O2+. The highest BCUT2D eigenvalue weighted by atomic mass is 16.5. The number of hydrogen-bond acceptors (Lipinski definition) is 3. The van der Waals surface area contributed by atoms with Crippen molar-refractivity contribution in [2.75, 3.05) is 6.61 Å². The molecule has 1 aromatic heterocycles. The van der Waals surface area contributed by atoms with Crippen LogP contribution in [-0.2, 0) is 11.3 Å². The van der Waals surface area contributed by atoms with Crippen LogP contribution in [-0.4, -0.2) is 16.2 Å². The van der Waals surface area contributed by atoms with Gasteiger partial charge in [0.1, 0.15) is 0 Å². The molecule has 2 aromatic rings. The van der Waals surface area contributed by atoms with Crippen molar-refractivity contribution in [2.45, 2.75) is 12.6 Å². The Kier molecular flexibility index (Phi) is 2.45. The first-order chi connectivity index (χ1) is 8.38. The van der Waals surface area contributed by atoms with Crippen LogP contribution in [0.4, 0.5) is 5.69 Å². The summed E-state index contributed by atoms with van der Waals surface area (Å²) in [5.74, 6) is 0. The van der Waals surface area contributed by atoms with Crippen LogP contribution >= 0.6 is 0 Å². The molecule has 5 heteroatoms. The summed E-state index contributed by atoms with van der Waals surface area (Å²) in [5, 5.41) is 1.87. The Labute approximate surface area is 98.0 Å². The van der Waals surface area contributed by atoms with E-state index in [0.717, 1.165) is 11.3 Å². The highest BCUT2D eigenvalue weighted by Crippen LogP contribution is 2.25. The number of fused-ring (bicyclic) bond motifs is 1. The maximum absolute atomic E-state index is 10.5. The first-order valence-corrected chi connectivity index (χ1v) is 5.45. The van der Waals surface area contributed by atoms with Gasteiger partial charge in [0.05, 0.1) is 37.5 Å². The largest absolute Gasteiger partial charge is 0.373 e. The summed E-state index contributed by atoms with van der Waals surface area (Å²) in [6, 6.07) is 7.55. The molecule has 1 aliphatic heterocycles. The SMILES string of the molecule is O=[NH+]c1ccc(C2COCc3cncn32)cc1. The van der Waals surface area contributed by atoms with Gasteiger partial charge in [0.25, 0.3) is 5.69 Å². The molecule has 17 heavy (non-hydrogen) atoms. The fraction of sp³-hybridized carbons (Fsp3) is 0.250. The molecule has 0 saturated heterocycles. The summed E-state index contributed by atoms with van der Waals surface area (Å²) < 4.78 is 7.65. The second-order valence-corrected chi connectivity index (χ2v) is 4.05. The fourth-order valence-electron chi connectivity index (χ4n) is 2.11. The van der Waals surface area contributed by atoms with Crippen molar-refractivity contribution in [2.24, 2.45) is 0 Å². The predicted molar refractivity (Wildman–Crippen MR) is 60.5 cm³/mol. The number of nitrogens with zero attached hydrogens (tertiary/aromatic N) is 2. The third kappa shape index (κ3) is 1.74. The molecule has 0 spiro atoms. The average molecular weight is 230 g/mol. The van der Waals surface area contributed by atoms with E-state index in [0.29, 0.717) is 18.9 Å². The first kappa shape index (κ1) is 10.2. The van der Waals surface area contributed by atoms with Gasteiger partial charge in [-0.2, -0.15) is 0 Å². The average Bonchev–Trinajstić information content (AvgIpc) is 2.87. The molecule has 1 aromatic carbocycles. The van der Waals surface area contributed by atoms with Gasteiger partial charge >= 0.3 is 0 Å². The third-order valence-corrected chi connectivity index (χ3v) is 3.02. The summed E-state index contributed by atoms with van der Waals surface area (Å²) in [7, 11) is 0. The van der Waals surface area contributed by atoms with Gasteiger partial charge in [-0.25, -0.2) is 4.98 Å². The molecule has 0 amide bonds. The summed E-state index contributed by atoms with van der Waals surface area (Å²) in [4.78, 5) is 14.6. The number of aromatic nitrogens is 2. The summed E-state index contributed by atoms with van der Waals surface area (Å²) in [5.41, 5.74) is 2.76. The number of ether oxygens (including phenoxy) is 1. The minimum Gasteiger partial charge on any atom is -0.373 e. The van der Waals surface area contributed by atoms with Crippen molar-refractivity contribution in [1.29, 1.82) is 0 Å². The molecule has 1 unspecified atom stereocenters. The number of nitroso groups, excluding NO2 is 1. The molecule has 1 N–H and O–H groups in total. The van der Waals surface area contributed by atoms with Gasteiger partial charge in [0.2, 0.25) is 0 Å². The van der Waals surface area contributed by atoms with Gasteiger partial charge in [-0.1, -0.05) is 12.1 Å². The van der Waals surface area contributed by atoms with Crippen LogP contribution in [0.25, 0.3) is 0 Å². The Morgan fingerprint density at radius 3 is 2.94 bits per heavy atom. The number of nitrogens with one attached hydrogen (secondary N) is 1. The van der Waals surface area contributed by atoms with Crippen molar-refractivity contribution in [3.63, 3.8) is 0 Å². The van der Waals surface area contributed by atoms with Crippen molar-refractivity contribution in [3.8, 4) is 0 Å². The molecule has 3 rings (SSSR count). The number of benzene rings is 1. The zero-order chi connectivity index (χ0) is 11.7. The second-order valence-electron chi connectivity index (χ2n) is 4.05. The first-order valence-electron chi connectivity index (χ1n) is 5.45. The van der Waals surface area contributed by atoms with Crippen LogP contribution in [0.3, 0.4) is 0 Å². The normalized spacial score (nSPS) is 18.7. The highest BCUT2D eigenvalue weighted by molar-refractivity contribution is 5.34. The highest BCUT2D eigenvalue weighted by Gasteiger charge is 2.21. The number of hydrogen-bond donors (Lipinski definition) is 1. The number of imidazole rings is 1. The third-order valence-electron chi connectivity index (χ3n) is 3.02. The van der Waals surface area contributed by atoms with Crippen LogP contribution in [0.1, 0.15) is 17.3 Å². The van der Waals surface area contributed by atoms with Gasteiger partial charge in [-0.3, -0.25) is 0 Å². The number of rotatable bonds is 2. The van der Waals surface area contributed by atoms with E-state index in [4.69, 9.17) is 4.74 Å². The van der Waals surface area contributed by atoms with Crippen molar-refractivity contribution < 1.29 is 9.91 Å². The standard InChI is InChI=1S/C12H11N3O2/c16-14-10-3-1-9(2-4-10)12-7-17-6-11-5-13-8-15(11)12/h1-5,8,12H,6-7H2/p+1. The van der Waals surface area contributed by atoms with Crippen LogP contribution in [0, 0.1) is 4.91 Å². The smallest absolute Gasteiger partial charge is 0.253 e. The Bertz CT molecular complexity index is 533. The monoisotopic (exact) mass is 230 g/mol. The summed E-state index contributed by atoms with van der Waals surface area (Å²) >= 11 is 0. The van der Waals surface area contributed by atoms with Crippen LogP contribution in [0.2, 0.25) is 0 Å². The maximum Gasteiger partial charge on any atom is 0.253 e. The van der Waals surface area contributed by atoms with E-state index in [-0.39, 0.29) is 6.04 Å². The zero-order valence-electron chi connectivity index (χ0n) is 9.17. The van der Waals surface area contributed by atoms with E-state index in [1.165, 1.54) is 0 Å². The molecule has 0 bridgehead atoms. The Balaban J connectivity index is 1.97.